The predicted octanol–water partition coefficient (Wildman–Crippen LogP) is 3.81. The molecule has 2 aromatic carbocycles. The Balaban J connectivity index is 1.52. The molecule has 0 bridgehead atoms. The van der Waals surface area contributed by atoms with Crippen LogP contribution in [0.25, 0.3) is 0 Å². The normalized spacial score (nSPS) is 10.2. The van der Waals surface area contributed by atoms with Gasteiger partial charge >= 0.3 is 0 Å². The second-order valence-corrected chi connectivity index (χ2v) is 5.78. The van der Waals surface area contributed by atoms with Gasteiger partial charge in [0.25, 0.3) is 5.91 Å². The van der Waals surface area contributed by atoms with Gasteiger partial charge in [0.2, 0.25) is 0 Å². The Bertz CT molecular complexity index is 831. The summed E-state index contributed by atoms with van der Waals surface area (Å²) >= 11 is 0. The number of ether oxygens (including phenoxy) is 1. The number of carbonyl (C=O) groups is 1. The smallest absolute Gasteiger partial charge is 0.252 e. The van der Waals surface area contributed by atoms with Crippen LogP contribution in [-0.2, 0) is 6.42 Å². The summed E-state index contributed by atoms with van der Waals surface area (Å²) in [6.45, 7) is 0.592. The summed E-state index contributed by atoms with van der Waals surface area (Å²) in [6, 6.07) is 21.2. The summed E-state index contributed by atoms with van der Waals surface area (Å²) in [5.41, 5.74) is 2.64. The minimum absolute atomic E-state index is 0.121. The highest BCUT2D eigenvalue weighted by Crippen LogP contribution is 2.18. The molecule has 3 rings (SSSR count). The number of methoxy groups -OCH3 is 1. The molecule has 132 valence electrons. The maximum atomic E-state index is 12.2. The second kappa shape index (κ2) is 8.67. The first kappa shape index (κ1) is 17.5. The lowest BCUT2D eigenvalue weighted by molar-refractivity contribution is 0.0954. The van der Waals surface area contributed by atoms with Crippen molar-refractivity contribution in [3.8, 4) is 5.75 Å². The third-order valence-corrected chi connectivity index (χ3v) is 3.93. The highest BCUT2D eigenvalue weighted by atomic mass is 16.5. The van der Waals surface area contributed by atoms with E-state index in [2.05, 4.69) is 15.6 Å². The first-order chi connectivity index (χ1) is 12.7. The van der Waals surface area contributed by atoms with Crippen LogP contribution in [-0.4, -0.2) is 24.5 Å². The molecule has 0 atom stereocenters. The molecular formula is C21H21N3O2. The van der Waals surface area contributed by atoms with Crippen LogP contribution >= 0.6 is 0 Å². The molecule has 0 aliphatic heterocycles. The number of anilines is 2. The molecule has 1 aromatic heterocycles. The van der Waals surface area contributed by atoms with Gasteiger partial charge in [-0.05, 0) is 48.4 Å². The first-order valence-electron chi connectivity index (χ1n) is 8.44. The number of pyridine rings is 1. The maximum absolute atomic E-state index is 12.2. The van der Waals surface area contributed by atoms with Gasteiger partial charge in [0.05, 0.1) is 12.7 Å². The van der Waals surface area contributed by atoms with E-state index < -0.39 is 0 Å². The van der Waals surface area contributed by atoms with Crippen LogP contribution in [0.3, 0.4) is 0 Å². The van der Waals surface area contributed by atoms with Crippen LogP contribution in [0.5, 0.6) is 5.75 Å². The van der Waals surface area contributed by atoms with Crippen molar-refractivity contribution in [2.45, 2.75) is 6.42 Å². The fourth-order valence-electron chi connectivity index (χ4n) is 2.49. The Kier molecular flexibility index (Phi) is 5.83. The van der Waals surface area contributed by atoms with Crippen LogP contribution in [0.2, 0.25) is 0 Å². The van der Waals surface area contributed by atoms with Crippen molar-refractivity contribution < 1.29 is 9.53 Å². The van der Waals surface area contributed by atoms with Crippen molar-refractivity contribution in [1.29, 1.82) is 0 Å². The zero-order valence-corrected chi connectivity index (χ0v) is 14.6. The molecule has 0 aliphatic carbocycles. The zero-order valence-electron chi connectivity index (χ0n) is 14.6. The molecule has 0 saturated carbocycles. The number of nitrogens with one attached hydrogen (secondary N) is 2. The lowest BCUT2D eigenvalue weighted by Crippen LogP contribution is -2.25. The molecule has 0 fully saturated rings. The molecule has 5 heteroatoms. The molecular weight excluding hydrogens is 326 g/mol. The summed E-state index contributed by atoms with van der Waals surface area (Å²) in [5, 5.41) is 6.10. The number of nitrogens with zero attached hydrogens (tertiary/aromatic N) is 1. The Morgan fingerprint density at radius 3 is 2.42 bits per heavy atom. The van der Waals surface area contributed by atoms with Crippen LogP contribution in [0.15, 0.2) is 72.9 Å². The van der Waals surface area contributed by atoms with E-state index in [-0.39, 0.29) is 5.91 Å². The third-order valence-electron chi connectivity index (χ3n) is 3.93. The highest BCUT2D eigenvalue weighted by Gasteiger charge is 2.06. The molecule has 0 radical (unpaired) electrons. The number of hydrogen-bond acceptors (Lipinski definition) is 4. The van der Waals surface area contributed by atoms with Crippen LogP contribution in [0.4, 0.5) is 11.5 Å². The van der Waals surface area contributed by atoms with E-state index in [0.717, 1.165) is 17.9 Å². The molecule has 0 aliphatic rings. The standard InChI is InChI=1S/C21H21N3O2/c1-26-19-10-8-18(9-11-19)24-20-12-7-17(15-23-20)21(25)22-14-13-16-5-3-2-4-6-16/h2-12,15H,13-14H2,1H3,(H,22,25)(H,23,24). The highest BCUT2D eigenvalue weighted by molar-refractivity contribution is 5.94. The number of hydrogen-bond donors (Lipinski definition) is 2. The van der Waals surface area contributed by atoms with Crippen molar-refractivity contribution >= 4 is 17.4 Å². The summed E-state index contributed by atoms with van der Waals surface area (Å²) in [7, 11) is 1.63. The van der Waals surface area contributed by atoms with Gasteiger partial charge in [0, 0.05) is 18.4 Å². The molecule has 1 amide bonds. The van der Waals surface area contributed by atoms with Crippen LogP contribution < -0.4 is 15.4 Å². The van der Waals surface area contributed by atoms with E-state index >= 15 is 0 Å². The fourth-order valence-corrected chi connectivity index (χ4v) is 2.49. The fraction of sp³-hybridized carbons (Fsp3) is 0.143. The molecule has 0 spiro atoms. The van der Waals surface area contributed by atoms with Gasteiger partial charge in [-0.3, -0.25) is 4.79 Å². The molecule has 1 heterocycles. The van der Waals surface area contributed by atoms with E-state index in [1.165, 1.54) is 5.56 Å². The number of rotatable bonds is 7. The first-order valence-corrected chi connectivity index (χ1v) is 8.44. The number of carbonyl (C=O) groups excluding carboxylic acids is 1. The Morgan fingerprint density at radius 1 is 1.00 bits per heavy atom. The van der Waals surface area contributed by atoms with Gasteiger partial charge in [-0.1, -0.05) is 30.3 Å². The molecule has 0 unspecified atom stereocenters. The van der Waals surface area contributed by atoms with Gasteiger partial charge in [-0.2, -0.15) is 0 Å². The number of amides is 1. The summed E-state index contributed by atoms with van der Waals surface area (Å²) in [4.78, 5) is 16.5. The van der Waals surface area contributed by atoms with E-state index in [9.17, 15) is 4.79 Å². The number of aromatic nitrogens is 1. The average Bonchev–Trinajstić information content (AvgIpc) is 2.70. The Labute approximate surface area is 153 Å². The van der Waals surface area contributed by atoms with E-state index in [4.69, 9.17) is 4.74 Å². The monoisotopic (exact) mass is 347 g/mol. The molecule has 26 heavy (non-hydrogen) atoms. The van der Waals surface area contributed by atoms with Crippen molar-refractivity contribution in [3.63, 3.8) is 0 Å². The summed E-state index contributed by atoms with van der Waals surface area (Å²) < 4.78 is 5.13. The molecule has 5 nitrogen and oxygen atoms in total. The molecule has 2 N–H and O–H groups in total. The van der Waals surface area contributed by atoms with Gasteiger partial charge in [0.1, 0.15) is 11.6 Å². The Morgan fingerprint density at radius 2 is 1.77 bits per heavy atom. The second-order valence-electron chi connectivity index (χ2n) is 5.78. The Hall–Kier alpha value is -3.34. The van der Waals surface area contributed by atoms with Gasteiger partial charge in [0.15, 0.2) is 0 Å². The SMILES string of the molecule is COc1ccc(Nc2ccc(C(=O)NCCc3ccccc3)cn2)cc1. The van der Waals surface area contributed by atoms with Crippen molar-refractivity contribution in [2.24, 2.45) is 0 Å². The van der Waals surface area contributed by atoms with E-state index in [1.807, 2.05) is 54.6 Å². The van der Waals surface area contributed by atoms with Crippen molar-refractivity contribution in [3.05, 3.63) is 84.1 Å². The van der Waals surface area contributed by atoms with Gasteiger partial charge < -0.3 is 15.4 Å². The van der Waals surface area contributed by atoms with E-state index in [0.29, 0.717) is 17.9 Å². The third kappa shape index (κ3) is 4.83. The minimum Gasteiger partial charge on any atom is -0.497 e. The topological polar surface area (TPSA) is 63.2 Å². The quantitative estimate of drug-likeness (QED) is 0.682. The minimum atomic E-state index is -0.121. The summed E-state index contributed by atoms with van der Waals surface area (Å²) in [6.07, 6.45) is 2.38. The summed E-state index contributed by atoms with van der Waals surface area (Å²) in [5.74, 6) is 1.35. The maximum Gasteiger partial charge on any atom is 0.252 e. The molecule has 0 saturated heterocycles. The zero-order chi connectivity index (χ0) is 18.2. The van der Waals surface area contributed by atoms with Gasteiger partial charge in [-0.15, -0.1) is 0 Å². The average molecular weight is 347 g/mol. The lowest BCUT2D eigenvalue weighted by Gasteiger charge is -2.08. The largest absolute Gasteiger partial charge is 0.497 e. The lowest BCUT2D eigenvalue weighted by atomic mass is 10.1. The van der Waals surface area contributed by atoms with Crippen LogP contribution in [0, 0.1) is 0 Å². The van der Waals surface area contributed by atoms with Crippen molar-refractivity contribution in [1.82, 2.24) is 10.3 Å². The molecule has 3 aromatic rings. The van der Waals surface area contributed by atoms with Gasteiger partial charge in [-0.25, -0.2) is 4.98 Å². The van der Waals surface area contributed by atoms with E-state index in [1.54, 1.807) is 25.4 Å². The number of benzene rings is 2. The van der Waals surface area contributed by atoms with Crippen molar-refractivity contribution in [2.75, 3.05) is 19.0 Å². The predicted molar refractivity (Wildman–Crippen MR) is 103 cm³/mol. The van der Waals surface area contributed by atoms with Crippen LogP contribution in [0.1, 0.15) is 15.9 Å².